The molecule has 5 nitrogen and oxygen atoms in total. The fourth-order valence-electron chi connectivity index (χ4n) is 2.51. The Balaban J connectivity index is 2.17. The van der Waals surface area contributed by atoms with Gasteiger partial charge in [-0.15, -0.1) is 0 Å². The Morgan fingerprint density at radius 1 is 1.58 bits per heavy atom. The van der Waals surface area contributed by atoms with Crippen LogP contribution in [0.4, 0.5) is 5.69 Å². The van der Waals surface area contributed by atoms with Gasteiger partial charge in [0, 0.05) is 13.7 Å². The van der Waals surface area contributed by atoms with Gasteiger partial charge in [-0.3, -0.25) is 4.79 Å². The van der Waals surface area contributed by atoms with E-state index in [4.69, 9.17) is 16.3 Å². The Labute approximate surface area is 117 Å². The molecule has 1 N–H and O–H groups in total. The predicted octanol–water partition coefficient (Wildman–Crippen LogP) is 2.29. The summed E-state index contributed by atoms with van der Waals surface area (Å²) in [5.74, 6) is 0. The molecule has 1 saturated carbocycles. The lowest BCUT2D eigenvalue weighted by Gasteiger charge is -2.21. The van der Waals surface area contributed by atoms with Gasteiger partial charge in [-0.1, -0.05) is 18.5 Å². The number of ether oxygens (including phenoxy) is 1. The molecule has 106 valence electrons. The molecule has 6 heteroatoms. The second-order valence-corrected chi connectivity index (χ2v) is 5.23. The van der Waals surface area contributed by atoms with Crippen LogP contribution in [0.3, 0.4) is 0 Å². The van der Waals surface area contributed by atoms with Gasteiger partial charge in [0.15, 0.2) is 0 Å². The van der Waals surface area contributed by atoms with Gasteiger partial charge in [0.05, 0.1) is 24.0 Å². The molecule has 2 atom stereocenters. The van der Waals surface area contributed by atoms with E-state index in [0.717, 1.165) is 25.7 Å². The molecular weight excluding hydrogens is 266 g/mol. The summed E-state index contributed by atoms with van der Waals surface area (Å²) in [7, 11) is 1.71. The zero-order valence-electron chi connectivity index (χ0n) is 11.4. The van der Waals surface area contributed by atoms with Gasteiger partial charge < -0.3 is 10.1 Å². The van der Waals surface area contributed by atoms with Crippen LogP contribution >= 0.6 is 11.6 Å². The summed E-state index contributed by atoms with van der Waals surface area (Å²) < 4.78 is 6.82. The number of anilines is 1. The Kier molecular flexibility index (Phi) is 4.82. The molecule has 0 saturated heterocycles. The van der Waals surface area contributed by atoms with Crippen LogP contribution in [0.15, 0.2) is 11.0 Å². The third-order valence-electron chi connectivity index (χ3n) is 3.52. The first-order valence-electron chi connectivity index (χ1n) is 6.72. The highest BCUT2D eigenvalue weighted by atomic mass is 35.5. The first kappa shape index (κ1) is 14.3. The first-order chi connectivity index (χ1) is 9.17. The fourth-order valence-corrected chi connectivity index (χ4v) is 2.71. The van der Waals surface area contributed by atoms with Crippen molar-refractivity contribution in [3.05, 3.63) is 21.6 Å². The van der Waals surface area contributed by atoms with Crippen molar-refractivity contribution in [1.82, 2.24) is 9.78 Å². The predicted molar refractivity (Wildman–Crippen MR) is 75.9 cm³/mol. The minimum absolute atomic E-state index is 0.175. The standard InChI is InChI=1S/C13H20ClN3O2/c1-3-7-17-13(18)12(14)10(8-15-17)16-9-5-4-6-11(9)19-2/h8-9,11,16H,3-7H2,1-2H3. The molecule has 1 aromatic rings. The zero-order valence-corrected chi connectivity index (χ0v) is 12.1. The van der Waals surface area contributed by atoms with Gasteiger partial charge in [-0.2, -0.15) is 5.10 Å². The van der Waals surface area contributed by atoms with E-state index in [1.54, 1.807) is 13.3 Å². The maximum Gasteiger partial charge on any atom is 0.287 e. The minimum atomic E-state index is -0.236. The van der Waals surface area contributed by atoms with E-state index in [2.05, 4.69) is 10.4 Å². The largest absolute Gasteiger partial charge is 0.379 e. The number of aryl methyl sites for hydroxylation is 1. The maximum atomic E-state index is 12.0. The summed E-state index contributed by atoms with van der Waals surface area (Å²) in [6, 6.07) is 0.200. The van der Waals surface area contributed by atoms with Crippen molar-refractivity contribution in [1.29, 1.82) is 0 Å². The molecule has 1 heterocycles. The van der Waals surface area contributed by atoms with Gasteiger partial charge in [0.2, 0.25) is 0 Å². The molecule has 0 aliphatic heterocycles. The van der Waals surface area contributed by atoms with Gasteiger partial charge in [-0.05, 0) is 25.7 Å². The average molecular weight is 286 g/mol. The SMILES string of the molecule is CCCn1ncc(NC2CCCC2OC)c(Cl)c1=O. The summed E-state index contributed by atoms with van der Waals surface area (Å²) in [5, 5.41) is 7.64. The van der Waals surface area contributed by atoms with Crippen molar-refractivity contribution in [2.24, 2.45) is 0 Å². The lowest BCUT2D eigenvalue weighted by Crippen LogP contribution is -2.31. The van der Waals surface area contributed by atoms with E-state index >= 15 is 0 Å². The van der Waals surface area contributed by atoms with Crippen LogP contribution in [0.1, 0.15) is 32.6 Å². The number of hydrogen-bond donors (Lipinski definition) is 1. The van der Waals surface area contributed by atoms with E-state index in [9.17, 15) is 4.79 Å². The Hall–Kier alpha value is -1.07. The number of hydrogen-bond acceptors (Lipinski definition) is 4. The second-order valence-electron chi connectivity index (χ2n) is 4.86. The van der Waals surface area contributed by atoms with Crippen molar-refractivity contribution >= 4 is 17.3 Å². The summed E-state index contributed by atoms with van der Waals surface area (Å²) >= 11 is 6.13. The van der Waals surface area contributed by atoms with Gasteiger partial charge in [0.1, 0.15) is 5.02 Å². The highest BCUT2D eigenvalue weighted by Gasteiger charge is 2.27. The average Bonchev–Trinajstić information content (AvgIpc) is 2.86. The van der Waals surface area contributed by atoms with Crippen LogP contribution < -0.4 is 10.9 Å². The lowest BCUT2D eigenvalue weighted by molar-refractivity contribution is 0.101. The van der Waals surface area contributed by atoms with Gasteiger partial charge in [-0.25, -0.2) is 4.68 Å². The van der Waals surface area contributed by atoms with Crippen molar-refractivity contribution in [3.8, 4) is 0 Å². The number of halogens is 1. The first-order valence-corrected chi connectivity index (χ1v) is 7.10. The highest BCUT2D eigenvalue weighted by Crippen LogP contribution is 2.26. The summed E-state index contributed by atoms with van der Waals surface area (Å²) in [5.41, 5.74) is 0.369. The smallest absolute Gasteiger partial charge is 0.287 e. The number of methoxy groups -OCH3 is 1. The van der Waals surface area contributed by atoms with Crippen molar-refractivity contribution in [2.45, 2.75) is 51.3 Å². The summed E-state index contributed by atoms with van der Waals surface area (Å²) in [4.78, 5) is 12.0. The van der Waals surface area contributed by atoms with Crippen molar-refractivity contribution < 1.29 is 4.74 Å². The van der Waals surface area contributed by atoms with E-state index < -0.39 is 0 Å². The molecule has 0 spiro atoms. The molecule has 0 bridgehead atoms. The quantitative estimate of drug-likeness (QED) is 0.902. The van der Waals surface area contributed by atoms with Crippen molar-refractivity contribution in [2.75, 3.05) is 12.4 Å². The third kappa shape index (κ3) is 3.09. The monoisotopic (exact) mass is 285 g/mol. The third-order valence-corrected chi connectivity index (χ3v) is 3.88. The van der Waals surface area contributed by atoms with Crippen LogP contribution in [-0.2, 0) is 11.3 Å². The van der Waals surface area contributed by atoms with E-state index in [1.807, 2.05) is 6.92 Å². The molecule has 1 fully saturated rings. The summed E-state index contributed by atoms with van der Waals surface area (Å²) in [6.07, 6.45) is 5.83. The van der Waals surface area contributed by atoms with E-state index in [0.29, 0.717) is 12.2 Å². The molecule has 2 rings (SSSR count). The van der Waals surface area contributed by atoms with Gasteiger partial charge >= 0.3 is 0 Å². The Bertz CT molecular complexity index is 489. The zero-order chi connectivity index (χ0) is 13.8. The van der Waals surface area contributed by atoms with Gasteiger partial charge in [0.25, 0.3) is 5.56 Å². The van der Waals surface area contributed by atoms with E-state index in [1.165, 1.54) is 4.68 Å². The molecule has 0 radical (unpaired) electrons. The molecule has 1 aromatic heterocycles. The second kappa shape index (κ2) is 6.39. The molecular formula is C13H20ClN3O2. The Morgan fingerprint density at radius 3 is 3.05 bits per heavy atom. The molecule has 1 aliphatic rings. The number of nitrogens with zero attached hydrogens (tertiary/aromatic N) is 2. The number of nitrogens with one attached hydrogen (secondary N) is 1. The topological polar surface area (TPSA) is 56.1 Å². The maximum absolute atomic E-state index is 12.0. The van der Waals surface area contributed by atoms with Crippen LogP contribution in [0, 0.1) is 0 Å². The molecule has 0 amide bonds. The molecule has 2 unspecified atom stereocenters. The molecule has 1 aliphatic carbocycles. The molecule has 0 aromatic carbocycles. The Morgan fingerprint density at radius 2 is 2.37 bits per heavy atom. The number of rotatable bonds is 5. The summed E-state index contributed by atoms with van der Waals surface area (Å²) in [6.45, 7) is 2.58. The normalized spacial score (nSPS) is 22.7. The van der Waals surface area contributed by atoms with Crippen molar-refractivity contribution in [3.63, 3.8) is 0 Å². The minimum Gasteiger partial charge on any atom is -0.379 e. The lowest BCUT2D eigenvalue weighted by atomic mass is 10.2. The van der Waals surface area contributed by atoms with Crippen LogP contribution in [0.25, 0.3) is 0 Å². The van der Waals surface area contributed by atoms with Crippen LogP contribution in [-0.4, -0.2) is 29.0 Å². The van der Waals surface area contributed by atoms with Crippen LogP contribution in [0.2, 0.25) is 5.02 Å². The highest BCUT2D eigenvalue weighted by molar-refractivity contribution is 6.32. The van der Waals surface area contributed by atoms with Crippen LogP contribution in [0.5, 0.6) is 0 Å². The van der Waals surface area contributed by atoms with E-state index in [-0.39, 0.29) is 22.7 Å². The fraction of sp³-hybridized carbons (Fsp3) is 0.692. The number of aromatic nitrogens is 2. The molecule has 19 heavy (non-hydrogen) atoms.